The molecule has 0 aromatic carbocycles. The molecule has 8 nitrogen and oxygen atoms in total. The second-order valence-corrected chi connectivity index (χ2v) is 18.2. The smallest absolute Gasteiger partial charge is 0.435 e. The molecule has 0 amide bonds. The molecule has 0 saturated carbocycles. The quantitative estimate of drug-likeness (QED) is 0.147. The van der Waals surface area contributed by atoms with Crippen LogP contribution in [0.2, 0.25) is 16.6 Å². The van der Waals surface area contributed by atoms with Crippen LogP contribution in [0.1, 0.15) is 79.1 Å². The van der Waals surface area contributed by atoms with Crippen LogP contribution in [0.15, 0.2) is 28.4 Å². The molecule has 0 spiro atoms. The van der Waals surface area contributed by atoms with Crippen LogP contribution in [-0.4, -0.2) is 50.3 Å². The van der Waals surface area contributed by atoms with Gasteiger partial charge in [-0.15, -0.1) is 5.54 Å². The van der Waals surface area contributed by atoms with Crippen LogP contribution in [0, 0.1) is 18.4 Å². The maximum atomic E-state index is 13.9. The van der Waals surface area contributed by atoms with Gasteiger partial charge in [-0.25, -0.2) is 14.8 Å². The zero-order valence-electron chi connectivity index (χ0n) is 25.0. The molecule has 39 heavy (non-hydrogen) atoms. The van der Waals surface area contributed by atoms with Crippen molar-refractivity contribution < 1.29 is 9.53 Å². The lowest BCUT2D eigenvalue weighted by atomic mass is 10.1. The Kier molecular flexibility index (Phi) is 9.18. The molecule has 0 N–H and O–H groups in total. The first-order valence-electron chi connectivity index (χ1n) is 13.4. The van der Waals surface area contributed by atoms with E-state index in [1.807, 2.05) is 6.26 Å². The van der Waals surface area contributed by atoms with Crippen molar-refractivity contribution in [3.63, 3.8) is 0 Å². The largest absolute Gasteiger partial charge is 0.442 e. The van der Waals surface area contributed by atoms with Crippen LogP contribution in [0.5, 0.6) is 0 Å². The third-order valence-electron chi connectivity index (χ3n) is 7.27. The molecular weight excluding hydrogens is 527 g/mol. The molecule has 0 atom stereocenters. The minimum Gasteiger partial charge on any atom is -0.442 e. The highest BCUT2D eigenvalue weighted by Crippen LogP contribution is 2.41. The number of nitrogens with zero attached hydrogens (tertiary/aromatic N) is 5. The van der Waals surface area contributed by atoms with E-state index in [-0.39, 0.29) is 12.1 Å². The second-order valence-electron chi connectivity index (χ2n) is 11.8. The maximum Gasteiger partial charge on any atom is 0.435 e. The van der Waals surface area contributed by atoms with E-state index in [9.17, 15) is 9.59 Å². The van der Waals surface area contributed by atoms with Crippen molar-refractivity contribution in [3.8, 4) is 11.5 Å². The van der Waals surface area contributed by atoms with Gasteiger partial charge >= 0.3 is 6.09 Å². The van der Waals surface area contributed by atoms with Crippen LogP contribution in [-0.2, 0) is 11.3 Å². The van der Waals surface area contributed by atoms with Gasteiger partial charge in [-0.1, -0.05) is 59.2 Å². The normalized spacial score (nSPS) is 12.4. The Balaban J connectivity index is 2.26. The number of aromatic nitrogens is 5. The highest BCUT2D eigenvalue weighted by atomic mass is 32.2. The number of ether oxygens (including phenoxy) is 1. The Bertz CT molecular complexity index is 1470. The molecule has 0 radical (unpaired) electrons. The number of thioether (sulfide) groups is 1. The molecule has 0 unspecified atom stereocenters. The molecule has 0 fully saturated rings. The zero-order valence-corrected chi connectivity index (χ0v) is 26.9. The molecule has 0 aliphatic carbocycles. The molecule has 3 aromatic rings. The monoisotopic (exact) mass is 567 g/mol. The molecule has 0 aliphatic heterocycles. The van der Waals surface area contributed by atoms with Crippen molar-refractivity contribution in [2.24, 2.45) is 0 Å². The van der Waals surface area contributed by atoms with Crippen molar-refractivity contribution in [2.45, 2.75) is 103 Å². The Morgan fingerprint density at radius 1 is 1.13 bits per heavy atom. The second kappa shape index (κ2) is 11.7. The number of pyridine rings is 1. The number of carbonyl (C=O) groups excluding carboxylic acids is 1. The molecule has 3 rings (SSSR count). The SMILES string of the molecule is CSc1ncc2c(C#C[Si](C(C)C)(C(C)C)C(C)C)c(C)c(=O)n(Cc3ccnn3C(=O)OC(C)(C)C)c2n1. The van der Waals surface area contributed by atoms with Gasteiger partial charge in [0.1, 0.15) is 19.3 Å². The summed E-state index contributed by atoms with van der Waals surface area (Å²) in [5.74, 6) is 3.48. The summed E-state index contributed by atoms with van der Waals surface area (Å²) in [6.07, 6.45) is 4.57. The Morgan fingerprint density at radius 2 is 1.74 bits per heavy atom. The summed E-state index contributed by atoms with van der Waals surface area (Å²) in [6, 6.07) is 1.70. The van der Waals surface area contributed by atoms with E-state index in [1.165, 1.54) is 22.6 Å². The number of carbonyl (C=O) groups is 1. The zero-order chi connectivity index (χ0) is 29.3. The minimum absolute atomic E-state index is 0.0939. The Labute approximate surface area is 237 Å². The van der Waals surface area contributed by atoms with Crippen molar-refractivity contribution in [3.05, 3.63) is 45.6 Å². The molecule has 0 aliphatic rings. The van der Waals surface area contributed by atoms with E-state index in [0.717, 1.165) is 5.39 Å². The van der Waals surface area contributed by atoms with Crippen LogP contribution in [0.25, 0.3) is 11.0 Å². The average molecular weight is 568 g/mol. The van der Waals surface area contributed by atoms with Crippen LogP contribution >= 0.6 is 11.8 Å². The first kappa shape index (κ1) is 30.6. The van der Waals surface area contributed by atoms with Gasteiger partial charge in [-0.05, 0) is 56.6 Å². The van der Waals surface area contributed by atoms with E-state index >= 15 is 0 Å². The fourth-order valence-corrected chi connectivity index (χ4v) is 11.0. The van der Waals surface area contributed by atoms with Crippen molar-refractivity contribution in [1.82, 2.24) is 24.3 Å². The number of hydrogen-bond acceptors (Lipinski definition) is 7. The highest BCUT2D eigenvalue weighted by Gasteiger charge is 2.41. The van der Waals surface area contributed by atoms with Crippen LogP contribution in [0.3, 0.4) is 0 Å². The fourth-order valence-electron chi connectivity index (χ4n) is 5.44. The first-order valence-corrected chi connectivity index (χ1v) is 16.8. The molecule has 0 bridgehead atoms. The topological polar surface area (TPSA) is 91.9 Å². The summed E-state index contributed by atoms with van der Waals surface area (Å²) in [6.45, 7) is 20.9. The summed E-state index contributed by atoms with van der Waals surface area (Å²) in [7, 11) is -2.04. The first-order chi connectivity index (χ1) is 18.1. The third-order valence-corrected chi connectivity index (χ3v) is 14.1. The molecule has 10 heteroatoms. The lowest BCUT2D eigenvalue weighted by Gasteiger charge is -2.38. The van der Waals surface area contributed by atoms with Gasteiger partial charge in [-0.3, -0.25) is 9.36 Å². The molecule has 0 saturated heterocycles. The van der Waals surface area contributed by atoms with Crippen LogP contribution in [0.4, 0.5) is 4.79 Å². The van der Waals surface area contributed by atoms with Crippen molar-refractivity contribution >= 4 is 37.0 Å². The standard InChI is InChI=1S/C29H41N5O3SSi/c1-18(2)39(19(3)4,20(5)6)15-13-23-21(7)26(35)33(25-24(23)16-30-27(32-25)38-11)17-22-12-14-31-34(22)28(36)37-29(8,9)10/h12,14,16,18-20H,17H2,1-11H3. The summed E-state index contributed by atoms with van der Waals surface area (Å²) in [5, 5.41) is 5.43. The van der Waals surface area contributed by atoms with Gasteiger partial charge in [0.05, 0.1) is 17.6 Å². The fraction of sp³-hybridized carbons (Fsp3) is 0.552. The molecule has 210 valence electrons. The predicted molar refractivity (Wildman–Crippen MR) is 161 cm³/mol. The van der Waals surface area contributed by atoms with Gasteiger partial charge in [0.2, 0.25) is 0 Å². The predicted octanol–water partition coefficient (Wildman–Crippen LogP) is 6.42. The van der Waals surface area contributed by atoms with Crippen molar-refractivity contribution in [1.29, 1.82) is 0 Å². The maximum absolute atomic E-state index is 13.9. The minimum atomic E-state index is -2.04. The number of rotatable bonds is 6. The summed E-state index contributed by atoms with van der Waals surface area (Å²) in [4.78, 5) is 35.9. The molecular formula is C29H41N5O3SSi. The van der Waals surface area contributed by atoms with Gasteiger partial charge < -0.3 is 4.74 Å². The van der Waals surface area contributed by atoms with Crippen molar-refractivity contribution in [2.75, 3.05) is 6.26 Å². The lowest BCUT2D eigenvalue weighted by Crippen LogP contribution is -2.43. The van der Waals surface area contributed by atoms with Gasteiger partial charge in [-0.2, -0.15) is 9.78 Å². The Hall–Kier alpha value is -2.90. The molecule has 3 heterocycles. The number of hydrogen-bond donors (Lipinski definition) is 0. The van der Waals surface area contributed by atoms with E-state index in [0.29, 0.717) is 44.2 Å². The highest BCUT2D eigenvalue weighted by molar-refractivity contribution is 7.98. The van der Waals surface area contributed by atoms with E-state index in [4.69, 9.17) is 9.72 Å². The summed E-state index contributed by atoms with van der Waals surface area (Å²) >= 11 is 1.40. The summed E-state index contributed by atoms with van der Waals surface area (Å²) < 4.78 is 8.28. The van der Waals surface area contributed by atoms with Crippen LogP contribution < -0.4 is 5.56 Å². The van der Waals surface area contributed by atoms with Gasteiger partial charge in [0.25, 0.3) is 5.56 Å². The number of fused-ring (bicyclic) bond motifs is 1. The van der Waals surface area contributed by atoms with E-state index < -0.39 is 19.8 Å². The summed E-state index contributed by atoms with van der Waals surface area (Å²) in [5.41, 5.74) is 6.47. The third kappa shape index (κ3) is 6.15. The lowest BCUT2D eigenvalue weighted by molar-refractivity contribution is 0.0509. The van der Waals surface area contributed by atoms with E-state index in [2.05, 4.69) is 63.1 Å². The van der Waals surface area contributed by atoms with E-state index in [1.54, 1.807) is 44.5 Å². The Morgan fingerprint density at radius 3 is 2.28 bits per heavy atom. The average Bonchev–Trinajstić information content (AvgIpc) is 3.30. The molecule has 3 aromatic heterocycles. The van der Waals surface area contributed by atoms with Gasteiger partial charge in [0, 0.05) is 23.5 Å². The van der Waals surface area contributed by atoms with Gasteiger partial charge in [0.15, 0.2) is 5.16 Å².